The summed E-state index contributed by atoms with van der Waals surface area (Å²) in [7, 11) is 0. The number of carbonyl (C=O) groups is 2. The molecule has 8 nitrogen and oxygen atoms in total. The largest absolute Gasteiger partial charge is 0.462 e. The maximum Gasteiger partial charge on any atom is 0.334 e. The molecule has 8 heteroatoms. The van der Waals surface area contributed by atoms with Gasteiger partial charge < -0.3 is 29.5 Å². The van der Waals surface area contributed by atoms with Crippen LogP contribution in [-0.4, -0.2) is 70.0 Å². The molecule has 0 bridgehead atoms. The molecule has 6 fully saturated rings. The number of hydrogen-bond acceptors (Lipinski definition) is 8. The maximum absolute atomic E-state index is 11.4. The van der Waals surface area contributed by atoms with Crippen LogP contribution in [0.2, 0.25) is 0 Å². The number of allylic oxidation sites excluding steroid dienone is 1. The molecule has 0 heterocycles. The molecule has 6 aliphatic rings. The van der Waals surface area contributed by atoms with Gasteiger partial charge in [0.15, 0.2) is 0 Å². The summed E-state index contributed by atoms with van der Waals surface area (Å²) >= 11 is 0. The smallest absolute Gasteiger partial charge is 0.334 e. The van der Waals surface area contributed by atoms with Crippen LogP contribution in [-0.2, 0) is 23.8 Å². The van der Waals surface area contributed by atoms with Crippen LogP contribution in [0.3, 0.4) is 0 Å². The summed E-state index contributed by atoms with van der Waals surface area (Å²) in [5.74, 6) is 13.6. The van der Waals surface area contributed by atoms with Crippen molar-refractivity contribution in [1.29, 1.82) is 0 Å². The molecule has 0 aliphatic heterocycles. The van der Waals surface area contributed by atoms with Crippen molar-refractivity contribution < 1.29 is 39.1 Å². The second-order valence-corrected chi connectivity index (χ2v) is 30.5. The molecule has 6 saturated carbocycles. The Morgan fingerprint density at radius 2 is 0.838 bits per heavy atom. The molecule has 0 aromatic heterocycles. The highest BCUT2D eigenvalue weighted by Crippen LogP contribution is 2.42. The Morgan fingerprint density at radius 3 is 1.19 bits per heavy atom. The summed E-state index contributed by atoms with van der Waals surface area (Å²) in [4.78, 5) is 22.4. The van der Waals surface area contributed by atoms with E-state index in [0.717, 1.165) is 78.9 Å². The molecule has 0 aromatic rings. The number of aliphatic hydroxyl groups excluding tert-OH is 2. The lowest BCUT2D eigenvalue weighted by molar-refractivity contribution is -0.164. The molecule has 0 radical (unpaired) electrons. The molecular weight excluding hydrogens is 993 g/mol. The predicted molar refractivity (Wildman–Crippen MR) is 340 cm³/mol. The fourth-order valence-electron chi connectivity index (χ4n) is 15.4. The van der Waals surface area contributed by atoms with Crippen molar-refractivity contribution in [3.63, 3.8) is 0 Å². The Labute approximate surface area is 497 Å². The topological polar surface area (TPSA) is 123 Å². The van der Waals surface area contributed by atoms with E-state index in [1.54, 1.807) is 0 Å². The average Bonchev–Trinajstić information content (AvgIpc) is 3.33. The van der Waals surface area contributed by atoms with Gasteiger partial charge in [0.05, 0.1) is 24.4 Å². The van der Waals surface area contributed by atoms with Gasteiger partial charge in [0.2, 0.25) is 0 Å². The van der Waals surface area contributed by atoms with Gasteiger partial charge in [-0.25, -0.2) is 4.79 Å². The standard InChI is InChI=1S/C14H28O2.C13H24O3.C12H22O2.C11H22O.C11H22.C11H20/c1-5-12(15)9-16-14-8-11(4)6-7-13(14)10(2)3;1-8(2)11-6-5-9(3)7-12(11)16-13(15)10(4)14;1-8(2)11-6-5-9(3)7-12(11)14-10(4)13;1-8-5-6-10(9(2)7-8)11(3,4)12;2*1-8(2)11-6-5-9(3)7-10(11)4/h10-15H,5-9H2,1-4H3;8-12,14H,5-7H2,1-4H3;8-9,11-12H,5-7H2,1-4H3;8-10,12H,5-7H2,1-4H3;8-11H,5-7H2,1-4H3;9-11H,1,5-7H2,2-4H3. The first-order valence-electron chi connectivity index (χ1n) is 33.8. The number of hydrogen-bond donors (Lipinski definition) is 3. The van der Waals surface area contributed by atoms with E-state index in [1.807, 2.05) is 20.8 Å². The van der Waals surface area contributed by atoms with Crippen LogP contribution in [0.5, 0.6) is 0 Å². The third kappa shape index (κ3) is 29.6. The van der Waals surface area contributed by atoms with Crippen molar-refractivity contribution >= 4 is 11.9 Å². The predicted octanol–water partition coefficient (Wildman–Crippen LogP) is 18.8. The minimum absolute atomic E-state index is 0.00847. The Bertz CT molecular complexity index is 1650. The molecule has 6 rings (SSSR count). The highest BCUT2D eigenvalue weighted by molar-refractivity contribution is 5.74. The molecule has 0 spiro atoms. The Kier molecular flexibility index (Phi) is 36.9. The van der Waals surface area contributed by atoms with Crippen molar-refractivity contribution in [2.75, 3.05) is 6.61 Å². The Morgan fingerprint density at radius 1 is 0.487 bits per heavy atom. The number of rotatable bonds is 13. The molecular formula is C72H138O8. The molecule has 0 saturated heterocycles. The van der Waals surface area contributed by atoms with Crippen molar-refractivity contribution in [3.8, 4) is 0 Å². The molecule has 20 unspecified atom stereocenters. The number of carbonyl (C=O) groups excluding carboxylic acids is 2. The molecule has 80 heavy (non-hydrogen) atoms. The fraction of sp³-hybridized carbons (Fsp3) is 0.944. The minimum Gasteiger partial charge on any atom is -0.462 e. The van der Waals surface area contributed by atoms with E-state index >= 15 is 0 Å². The second kappa shape index (κ2) is 38.5. The average molecular weight is 1130 g/mol. The summed E-state index contributed by atoms with van der Waals surface area (Å²) in [5.41, 5.74) is 0.920. The van der Waals surface area contributed by atoms with Crippen molar-refractivity contribution in [1.82, 2.24) is 0 Å². The first kappa shape index (κ1) is 76.5. The number of ether oxygens (including phenoxy) is 3. The van der Waals surface area contributed by atoms with Gasteiger partial charge in [0, 0.05) is 6.92 Å². The van der Waals surface area contributed by atoms with E-state index in [0.29, 0.717) is 71.9 Å². The summed E-state index contributed by atoms with van der Waals surface area (Å²) in [6, 6.07) is 0. The molecule has 474 valence electrons. The first-order valence-corrected chi connectivity index (χ1v) is 33.8. The Hall–Kier alpha value is -1.48. The van der Waals surface area contributed by atoms with Crippen LogP contribution in [0, 0.1) is 112 Å². The van der Waals surface area contributed by atoms with Gasteiger partial charge in [0.25, 0.3) is 0 Å². The normalized spacial score (nSPS) is 35.4. The van der Waals surface area contributed by atoms with Crippen molar-refractivity contribution in [2.24, 2.45) is 112 Å². The maximum atomic E-state index is 11.4. The van der Waals surface area contributed by atoms with Crippen LogP contribution in [0.4, 0.5) is 0 Å². The molecule has 0 amide bonds. The monoisotopic (exact) mass is 1130 g/mol. The van der Waals surface area contributed by atoms with Crippen LogP contribution in [0.15, 0.2) is 12.2 Å². The molecule has 6 aliphatic carbocycles. The van der Waals surface area contributed by atoms with Gasteiger partial charge in [-0.1, -0.05) is 175 Å². The third-order valence-electron chi connectivity index (χ3n) is 20.5. The van der Waals surface area contributed by atoms with Gasteiger partial charge in [-0.3, -0.25) is 4.79 Å². The van der Waals surface area contributed by atoms with Crippen LogP contribution < -0.4 is 0 Å². The van der Waals surface area contributed by atoms with Gasteiger partial charge in [0.1, 0.15) is 18.3 Å². The summed E-state index contributed by atoms with van der Waals surface area (Å²) in [6.45, 7) is 54.6. The molecule has 0 aromatic carbocycles. The zero-order valence-corrected chi connectivity index (χ0v) is 57.1. The highest BCUT2D eigenvalue weighted by Gasteiger charge is 2.37. The van der Waals surface area contributed by atoms with E-state index < -0.39 is 17.7 Å². The van der Waals surface area contributed by atoms with Crippen molar-refractivity contribution in [3.05, 3.63) is 12.2 Å². The SMILES string of the molecule is C=C(C)C1CCC(C)CC1C.CC(=O)OC1CC(C)CCC1C(C)C.CC1CCC(C(C)(C)O)C(C)C1.CC1CCC(C(C)C)C(C)C1.CC1CCC(C(C)C)C(OC(=O)C(C)O)C1.CCC(O)COC1CC(C)CCC1C(C)C. The number of esters is 2. The second-order valence-electron chi connectivity index (χ2n) is 30.5. The van der Waals surface area contributed by atoms with E-state index in [4.69, 9.17) is 19.3 Å². The van der Waals surface area contributed by atoms with Crippen LogP contribution in [0.25, 0.3) is 0 Å². The molecule has 3 N–H and O–H groups in total. The zero-order chi connectivity index (χ0) is 61.4. The summed E-state index contributed by atoms with van der Waals surface area (Å²) in [6.07, 6.45) is 22.9. The minimum atomic E-state index is -1.01. The Balaban J connectivity index is 0.000000483. The lowest BCUT2D eigenvalue weighted by atomic mass is 9.69. The molecule has 20 atom stereocenters. The van der Waals surface area contributed by atoms with Gasteiger partial charge in [-0.2, -0.15) is 0 Å². The summed E-state index contributed by atoms with van der Waals surface area (Å²) in [5, 5.41) is 28.6. The van der Waals surface area contributed by atoms with E-state index in [9.17, 15) is 19.8 Å². The van der Waals surface area contributed by atoms with E-state index in [2.05, 4.69) is 131 Å². The quantitative estimate of drug-likeness (QED) is 0.123. The lowest BCUT2D eigenvalue weighted by Gasteiger charge is -2.39. The zero-order valence-electron chi connectivity index (χ0n) is 57.1. The van der Waals surface area contributed by atoms with E-state index in [-0.39, 0.29) is 24.3 Å². The van der Waals surface area contributed by atoms with Gasteiger partial charge in [-0.15, -0.1) is 0 Å². The highest BCUT2D eigenvalue weighted by atomic mass is 16.6. The van der Waals surface area contributed by atoms with Gasteiger partial charge >= 0.3 is 11.9 Å². The van der Waals surface area contributed by atoms with E-state index in [1.165, 1.54) is 116 Å². The van der Waals surface area contributed by atoms with Crippen LogP contribution >= 0.6 is 0 Å². The van der Waals surface area contributed by atoms with Crippen molar-refractivity contribution in [2.45, 2.75) is 317 Å². The third-order valence-corrected chi connectivity index (χ3v) is 20.5. The van der Waals surface area contributed by atoms with Crippen LogP contribution in [0.1, 0.15) is 281 Å². The van der Waals surface area contributed by atoms with Gasteiger partial charge in [-0.05, 0) is 224 Å². The lowest BCUT2D eigenvalue weighted by Crippen LogP contribution is -2.38. The summed E-state index contributed by atoms with van der Waals surface area (Å²) < 4.78 is 16.7. The fourth-order valence-corrected chi connectivity index (χ4v) is 15.4. The number of aliphatic hydroxyl groups is 3. The first-order chi connectivity index (χ1) is 37.1.